The molecule has 2 fully saturated rings. The summed E-state index contributed by atoms with van der Waals surface area (Å²) in [5.41, 5.74) is 1.38. The number of carbonyl (C=O) groups is 2. The molecule has 0 aromatic rings. The van der Waals surface area contributed by atoms with Crippen LogP contribution >= 0.6 is 0 Å². The van der Waals surface area contributed by atoms with Crippen LogP contribution in [0.1, 0.15) is 52.4 Å². The van der Waals surface area contributed by atoms with E-state index in [1.54, 1.807) is 0 Å². The van der Waals surface area contributed by atoms with Crippen molar-refractivity contribution in [2.75, 3.05) is 26.2 Å². The SMILES string of the molecule is CCOC(=O)C1=C(C[NH+]2CC[C@@H]3CCCC[C@@H]3C2)NC(=O)N[C@@H]1CC. The maximum Gasteiger partial charge on any atom is 0.338 e. The third-order valence-corrected chi connectivity index (χ3v) is 6.06. The number of nitrogens with one attached hydrogen (secondary N) is 3. The highest BCUT2D eigenvalue weighted by molar-refractivity contribution is 5.94. The van der Waals surface area contributed by atoms with Crippen LogP contribution in [0.2, 0.25) is 0 Å². The normalized spacial score (nSPS) is 32.5. The summed E-state index contributed by atoms with van der Waals surface area (Å²) in [7, 11) is 0. The second kappa shape index (κ2) is 8.21. The van der Waals surface area contributed by atoms with Crippen LogP contribution in [0.15, 0.2) is 11.3 Å². The minimum Gasteiger partial charge on any atom is -0.463 e. The van der Waals surface area contributed by atoms with Gasteiger partial charge in [-0.2, -0.15) is 0 Å². The number of esters is 1. The number of amides is 2. The van der Waals surface area contributed by atoms with Gasteiger partial charge in [0.15, 0.2) is 0 Å². The zero-order chi connectivity index (χ0) is 17.8. The topological polar surface area (TPSA) is 71.9 Å². The van der Waals surface area contributed by atoms with Gasteiger partial charge in [0.25, 0.3) is 0 Å². The number of urea groups is 1. The van der Waals surface area contributed by atoms with E-state index < -0.39 is 0 Å². The fraction of sp³-hybridized carbons (Fsp3) is 0.789. The van der Waals surface area contributed by atoms with E-state index >= 15 is 0 Å². The Kier molecular flexibility index (Phi) is 5.99. The second-order valence-electron chi connectivity index (χ2n) is 7.65. The van der Waals surface area contributed by atoms with E-state index in [2.05, 4.69) is 10.6 Å². The van der Waals surface area contributed by atoms with Gasteiger partial charge in [-0.25, -0.2) is 9.59 Å². The summed E-state index contributed by atoms with van der Waals surface area (Å²) in [6.45, 7) is 7.13. The molecule has 140 valence electrons. The molecule has 2 amide bonds. The lowest BCUT2D eigenvalue weighted by Gasteiger charge is -2.39. The highest BCUT2D eigenvalue weighted by Crippen LogP contribution is 2.32. The van der Waals surface area contributed by atoms with Crippen LogP contribution in [0.3, 0.4) is 0 Å². The van der Waals surface area contributed by atoms with Crippen LogP contribution in [0, 0.1) is 11.8 Å². The predicted octanol–water partition coefficient (Wildman–Crippen LogP) is 0.990. The average Bonchev–Trinajstić information content (AvgIpc) is 2.61. The Morgan fingerprint density at radius 1 is 1.20 bits per heavy atom. The predicted molar refractivity (Wildman–Crippen MR) is 95.0 cm³/mol. The van der Waals surface area contributed by atoms with Gasteiger partial charge in [-0.05, 0) is 38.5 Å². The first-order chi connectivity index (χ1) is 12.1. The summed E-state index contributed by atoms with van der Waals surface area (Å²) in [5, 5.41) is 5.75. The number of hydrogen-bond donors (Lipinski definition) is 3. The number of piperidine rings is 1. The molecule has 3 N–H and O–H groups in total. The first-order valence-corrected chi connectivity index (χ1v) is 9.93. The third kappa shape index (κ3) is 4.17. The molecule has 1 unspecified atom stereocenters. The number of fused-ring (bicyclic) bond motifs is 1. The third-order valence-electron chi connectivity index (χ3n) is 6.06. The molecule has 6 heteroatoms. The van der Waals surface area contributed by atoms with Gasteiger partial charge in [0.05, 0.1) is 37.0 Å². The van der Waals surface area contributed by atoms with Crippen LogP contribution in [0.4, 0.5) is 4.79 Å². The molecule has 6 nitrogen and oxygen atoms in total. The Morgan fingerprint density at radius 3 is 2.68 bits per heavy atom. The van der Waals surface area contributed by atoms with E-state index in [1.165, 1.54) is 37.0 Å². The fourth-order valence-electron chi connectivity index (χ4n) is 4.81. The lowest BCUT2D eigenvalue weighted by molar-refractivity contribution is -0.906. The molecule has 0 spiro atoms. The summed E-state index contributed by atoms with van der Waals surface area (Å²) < 4.78 is 5.26. The number of carbonyl (C=O) groups excluding carboxylic acids is 2. The fourth-order valence-corrected chi connectivity index (χ4v) is 4.81. The largest absolute Gasteiger partial charge is 0.463 e. The molecule has 25 heavy (non-hydrogen) atoms. The Bertz CT molecular complexity index is 546. The van der Waals surface area contributed by atoms with Crippen LogP contribution < -0.4 is 15.5 Å². The van der Waals surface area contributed by atoms with Crippen LogP contribution in [0.25, 0.3) is 0 Å². The molecule has 4 atom stereocenters. The lowest BCUT2D eigenvalue weighted by atomic mass is 9.75. The summed E-state index contributed by atoms with van der Waals surface area (Å²) in [6, 6.07) is -0.462. The molecule has 0 aromatic heterocycles. The summed E-state index contributed by atoms with van der Waals surface area (Å²) in [6.07, 6.45) is 7.41. The Morgan fingerprint density at radius 2 is 1.96 bits per heavy atom. The first-order valence-electron chi connectivity index (χ1n) is 9.93. The molecular formula is C19H32N3O3+. The molecule has 2 heterocycles. The van der Waals surface area contributed by atoms with Crippen molar-refractivity contribution >= 4 is 12.0 Å². The van der Waals surface area contributed by atoms with Crippen LogP contribution in [-0.2, 0) is 9.53 Å². The molecule has 3 aliphatic rings. The number of quaternary nitrogens is 1. The minimum absolute atomic E-state index is 0.207. The number of ether oxygens (including phenoxy) is 1. The van der Waals surface area contributed by atoms with E-state index in [9.17, 15) is 9.59 Å². The van der Waals surface area contributed by atoms with Crippen LogP contribution in [-0.4, -0.2) is 44.3 Å². The van der Waals surface area contributed by atoms with Gasteiger partial charge < -0.3 is 20.3 Å². The van der Waals surface area contributed by atoms with Gasteiger partial charge in [-0.3, -0.25) is 0 Å². The van der Waals surface area contributed by atoms with Gasteiger partial charge in [-0.1, -0.05) is 19.8 Å². The van der Waals surface area contributed by atoms with Crippen LogP contribution in [0.5, 0.6) is 0 Å². The zero-order valence-electron chi connectivity index (χ0n) is 15.5. The molecule has 3 rings (SSSR count). The van der Waals surface area contributed by atoms with Crippen molar-refractivity contribution in [2.24, 2.45) is 11.8 Å². The molecule has 1 saturated carbocycles. The second-order valence-corrected chi connectivity index (χ2v) is 7.65. The van der Waals surface area contributed by atoms with Gasteiger partial charge in [-0.15, -0.1) is 0 Å². The Hall–Kier alpha value is -1.56. The lowest BCUT2D eigenvalue weighted by Crippen LogP contribution is -3.14. The zero-order valence-corrected chi connectivity index (χ0v) is 15.5. The first kappa shape index (κ1) is 18.2. The van der Waals surface area contributed by atoms with Crippen molar-refractivity contribution in [3.05, 3.63) is 11.3 Å². The van der Waals surface area contributed by atoms with E-state index in [-0.39, 0.29) is 18.0 Å². The molecule has 1 aliphatic carbocycles. The summed E-state index contributed by atoms with van der Waals surface area (Å²) in [5.74, 6) is 1.40. The molecule has 0 radical (unpaired) electrons. The minimum atomic E-state index is -0.302. The molecule has 0 aromatic carbocycles. The quantitative estimate of drug-likeness (QED) is 0.648. The van der Waals surface area contributed by atoms with E-state index in [0.717, 1.165) is 30.6 Å². The highest BCUT2D eigenvalue weighted by atomic mass is 16.5. The number of hydrogen-bond acceptors (Lipinski definition) is 3. The maximum atomic E-state index is 12.5. The average molecular weight is 350 g/mol. The Labute approximate surface area is 150 Å². The monoisotopic (exact) mass is 350 g/mol. The smallest absolute Gasteiger partial charge is 0.338 e. The Balaban J connectivity index is 1.76. The number of likely N-dealkylation sites (tertiary alicyclic amines) is 1. The van der Waals surface area contributed by atoms with Gasteiger partial charge in [0, 0.05) is 5.92 Å². The standard InChI is InChI=1S/C19H31N3O3/c1-3-15-17(18(23)25-4-2)16(21-19(24)20-15)12-22-10-9-13-7-5-6-8-14(13)11-22/h13-15H,3-12H2,1-2H3,(H2,20,21,24)/p+1/t13-,14+,15+/m0/s1. The van der Waals surface area contributed by atoms with Crippen molar-refractivity contribution in [1.82, 2.24) is 10.6 Å². The summed E-state index contributed by atoms with van der Waals surface area (Å²) >= 11 is 0. The molecular weight excluding hydrogens is 318 g/mol. The maximum absolute atomic E-state index is 12.5. The molecule has 1 saturated heterocycles. The van der Waals surface area contributed by atoms with Crippen molar-refractivity contribution in [1.29, 1.82) is 0 Å². The summed E-state index contributed by atoms with van der Waals surface area (Å²) in [4.78, 5) is 26.0. The highest BCUT2D eigenvalue weighted by Gasteiger charge is 2.37. The number of rotatable bonds is 5. The van der Waals surface area contributed by atoms with E-state index in [1.807, 2.05) is 13.8 Å². The van der Waals surface area contributed by atoms with Crippen molar-refractivity contribution < 1.29 is 19.2 Å². The van der Waals surface area contributed by atoms with E-state index in [4.69, 9.17) is 4.74 Å². The molecule has 0 bridgehead atoms. The van der Waals surface area contributed by atoms with Gasteiger partial charge in [0.2, 0.25) is 0 Å². The van der Waals surface area contributed by atoms with E-state index in [0.29, 0.717) is 25.1 Å². The van der Waals surface area contributed by atoms with Crippen molar-refractivity contribution in [2.45, 2.75) is 58.4 Å². The van der Waals surface area contributed by atoms with Gasteiger partial charge >= 0.3 is 12.0 Å². The van der Waals surface area contributed by atoms with Gasteiger partial charge in [0.1, 0.15) is 6.54 Å². The van der Waals surface area contributed by atoms with Crippen molar-refractivity contribution in [3.8, 4) is 0 Å². The van der Waals surface area contributed by atoms with Crippen molar-refractivity contribution in [3.63, 3.8) is 0 Å². The molecule has 2 aliphatic heterocycles.